The summed E-state index contributed by atoms with van der Waals surface area (Å²) in [6.07, 6.45) is 0. The van der Waals surface area contributed by atoms with Crippen LogP contribution >= 0.6 is 23.8 Å². The average Bonchev–Trinajstić information content (AvgIpc) is 2.29. The fourth-order valence-electron chi connectivity index (χ4n) is 2.46. The third kappa shape index (κ3) is 6.20. The number of hydrogen-bond acceptors (Lipinski definition) is 2. The van der Waals surface area contributed by atoms with Gasteiger partial charge < -0.3 is 15.5 Å². The van der Waals surface area contributed by atoms with Crippen molar-refractivity contribution < 1.29 is 0 Å². The van der Waals surface area contributed by atoms with Gasteiger partial charge in [-0.3, -0.25) is 0 Å². The highest BCUT2D eigenvalue weighted by atomic mass is 35.5. The quantitative estimate of drug-likeness (QED) is 0.804. The van der Waals surface area contributed by atoms with E-state index in [2.05, 4.69) is 49.5 Å². The minimum absolute atomic E-state index is 0.140. The second kappa shape index (κ2) is 7.43. The zero-order chi connectivity index (χ0) is 16.2. The molecule has 0 saturated carbocycles. The molecular weight excluding hydrogens is 302 g/mol. The first-order valence-corrected chi connectivity index (χ1v) is 7.86. The molecule has 1 rings (SSSR count). The second-order valence-electron chi connectivity index (χ2n) is 6.65. The third-order valence-electron chi connectivity index (χ3n) is 3.14. The Morgan fingerprint density at radius 2 is 1.90 bits per heavy atom. The van der Waals surface area contributed by atoms with Gasteiger partial charge in [0.05, 0.1) is 10.7 Å². The Hall–Kier alpha value is -0.840. The first-order valence-electron chi connectivity index (χ1n) is 7.07. The SMILES string of the molecule is Cc1cc(C)c(NC(=S)NCC(C)(C)CN(C)C)c(Cl)c1. The first-order chi connectivity index (χ1) is 9.60. The Morgan fingerprint density at radius 3 is 2.43 bits per heavy atom. The van der Waals surface area contributed by atoms with Crippen LogP contribution in [-0.2, 0) is 0 Å². The molecule has 0 aliphatic rings. The van der Waals surface area contributed by atoms with E-state index in [4.69, 9.17) is 23.8 Å². The summed E-state index contributed by atoms with van der Waals surface area (Å²) in [6, 6.07) is 4.03. The molecule has 0 aromatic heterocycles. The van der Waals surface area contributed by atoms with Gasteiger partial charge in [-0.15, -0.1) is 0 Å². The van der Waals surface area contributed by atoms with E-state index in [0.29, 0.717) is 10.1 Å². The number of halogens is 1. The highest BCUT2D eigenvalue weighted by Gasteiger charge is 2.19. The summed E-state index contributed by atoms with van der Waals surface area (Å²) in [5.74, 6) is 0. The van der Waals surface area contributed by atoms with Gasteiger partial charge >= 0.3 is 0 Å². The number of nitrogens with one attached hydrogen (secondary N) is 2. The zero-order valence-electron chi connectivity index (χ0n) is 13.8. The van der Waals surface area contributed by atoms with Crippen molar-refractivity contribution in [2.24, 2.45) is 5.41 Å². The lowest BCUT2D eigenvalue weighted by molar-refractivity contribution is 0.242. The topological polar surface area (TPSA) is 27.3 Å². The molecule has 21 heavy (non-hydrogen) atoms. The molecule has 1 aromatic rings. The van der Waals surface area contributed by atoms with Crippen LogP contribution in [0.1, 0.15) is 25.0 Å². The van der Waals surface area contributed by atoms with Crippen molar-refractivity contribution in [1.82, 2.24) is 10.2 Å². The standard InChI is InChI=1S/C16H26ClN3S/c1-11-7-12(2)14(13(17)8-11)19-15(21)18-9-16(3,4)10-20(5)6/h7-8H,9-10H2,1-6H3,(H2,18,19,21). The van der Waals surface area contributed by atoms with Crippen LogP contribution in [0.5, 0.6) is 0 Å². The van der Waals surface area contributed by atoms with Gasteiger partial charge in [-0.1, -0.05) is 31.5 Å². The molecule has 0 bridgehead atoms. The molecule has 0 aliphatic carbocycles. The largest absolute Gasteiger partial charge is 0.362 e. The van der Waals surface area contributed by atoms with Gasteiger partial charge in [0.25, 0.3) is 0 Å². The highest BCUT2D eigenvalue weighted by molar-refractivity contribution is 7.80. The number of anilines is 1. The number of nitrogens with zero attached hydrogens (tertiary/aromatic N) is 1. The van der Waals surface area contributed by atoms with Crippen molar-refractivity contribution in [1.29, 1.82) is 0 Å². The molecule has 0 radical (unpaired) electrons. The van der Waals surface area contributed by atoms with Crippen LogP contribution in [0, 0.1) is 19.3 Å². The summed E-state index contributed by atoms with van der Waals surface area (Å²) in [7, 11) is 4.15. The first kappa shape index (κ1) is 18.2. The van der Waals surface area contributed by atoms with E-state index in [1.54, 1.807) is 0 Å². The van der Waals surface area contributed by atoms with E-state index in [9.17, 15) is 0 Å². The fraction of sp³-hybridized carbons (Fsp3) is 0.562. The molecule has 0 fully saturated rings. The van der Waals surface area contributed by atoms with E-state index < -0.39 is 0 Å². The Labute approximate surface area is 139 Å². The van der Waals surface area contributed by atoms with Gasteiger partial charge in [-0.25, -0.2) is 0 Å². The molecule has 118 valence electrons. The van der Waals surface area contributed by atoms with Crippen molar-refractivity contribution in [2.45, 2.75) is 27.7 Å². The van der Waals surface area contributed by atoms with E-state index in [1.165, 1.54) is 0 Å². The van der Waals surface area contributed by atoms with Crippen LogP contribution in [0.3, 0.4) is 0 Å². The van der Waals surface area contributed by atoms with E-state index in [1.807, 2.05) is 19.9 Å². The minimum atomic E-state index is 0.140. The average molecular weight is 328 g/mol. The van der Waals surface area contributed by atoms with E-state index in [-0.39, 0.29) is 5.41 Å². The molecule has 0 aliphatic heterocycles. The lowest BCUT2D eigenvalue weighted by Crippen LogP contribution is -2.41. The maximum Gasteiger partial charge on any atom is 0.170 e. The number of hydrogen-bond donors (Lipinski definition) is 2. The normalized spacial score (nSPS) is 11.6. The lowest BCUT2D eigenvalue weighted by atomic mass is 9.93. The van der Waals surface area contributed by atoms with Crippen LogP contribution in [-0.4, -0.2) is 37.2 Å². The van der Waals surface area contributed by atoms with Crippen molar-refractivity contribution in [3.63, 3.8) is 0 Å². The van der Waals surface area contributed by atoms with E-state index >= 15 is 0 Å². The molecule has 1 aromatic carbocycles. The zero-order valence-corrected chi connectivity index (χ0v) is 15.4. The Bertz CT molecular complexity index is 489. The van der Waals surface area contributed by atoms with Gasteiger partial charge in [-0.2, -0.15) is 0 Å². The molecule has 0 amide bonds. The number of thiocarbonyl (C=S) groups is 1. The Kier molecular flexibility index (Phi) is 6.44. The van der Waals surface area contributed by atoms with Gasteiger partial charge in [-0.05, 0) is 62.8 Å². The van der Waals surface area contributed by atoms with E-state index in [0.717, 1.165) is 29.9 Å². The smallest absolute Gasteiger partial charge is 0.170 e. The summed E-state index contributed by atoms with van der Waals surface area (Å²) in [4.78, 5) is 2.18. The van der Waals surface area contributed by atoms with Crippen molar-refractivity contribution >= 4 is 34.6 Å². The van der Waals surface area contributed by atoms with Crippen molar-refractivity contribution in [2.75, 3.05) is 32.5 Å². The molecule has 0 unspecified atom stereocenters. The van der Waals surface area contributed by atoms with Crippen molar-refractivity contribution in [3.8, 4) is 0 Å². The molecule has 3 nitrogen and oxygen atoms in total. The van der Waals surface area contributed by atoms with Gasteiger partial charge in [0.15, 0.2) is 5.11 Å². The summed E-state index contributed by atoms with van der Waals surface area (Å²) in [5, 5.41) is 7.79. The van der Waals surface area contributed by atoms with Crippen LogP contribution in [0.25, 0.3) is 0 Å². The van der Waals surface area contributed by atoms with Crippen LogP contribution < -0.4 is 10.6 Å². The highest BCUT2D eigenvalue weighted by Crippen LogP contribution is 2.27. The molecule has 2 N–H and O–H groups in total. The fourth-order valence-corrected chi connectivity index (χ4v) is 3.01. The number of rotatable bonds is 5. The van der Waals surface area contributed by atoms with Gasteiger partial charge in [0.2, 0.25) is 0 Å². The molecular formula is C16H26ClN3S. The second-order valence-corrected chi connectivity index (χ2v) is 7.46. The monoisotopic (exact) mass is 327 g/mol. The molecule has 0 atom stereocenters. The van der Waals surface area contributed by atoms with Crippen LogP contribution in [0.2, 0.25) is 5.02 Å². The van der Waals surface area contributed by atoms with Gasteiger partial charge in [0.1, 0.15) is 0 Å². The maximum absolute atomic E-state index is 6.28. The lowest BCUT2D eigenvalue weighted by Gasteiger charge is -2.29. The number of aryl methyl sites for hydroxylation is 2. The summed E-state index contributed by atoms with van der Waals surface area (Å²) in [5.41, 5.74) is 3.26. The maximum atomic E-state index is 6.28. The molecule has 0 spiro atoms. The number of benzene rings is 1. The summed E-state index contributed by atoms with van der Waals surface area (Å²) in [6.45, 7) is 10.3. The molecule has 0 heterocycles. The molecule has 0 saturated heterocycles. The predicted molar refractivity (Wildman–Crippen MR) is 97.5 cm³/mol. The summed E-state index contributed by atoms with van der Waals surface area (Å²) >= 11 is 11.7. The Morgan fingerprint density at radius 1 is 1.29 bits per heavy atom. The van der Waals surface area contributed by atoms with Gasteiger partial charge in [0, 0.05) is 13.1 Å². The Balaban J connectivity index is 2.63. The molecule has 5 heteroatoms. The van der Waals surface area contributed by atoms with Crippen LogP contribution in [0.4, 0.5) is 5.69 Å². The minimum Gasteiger partial charge on any atom is -0.362 e. The predicted octanol–water partition coefficient (Wildman–Crippen LogP) is 3.83. The third-order valence-corrected chi connectivity index (χ3v) is 3.69. The summed E-state index contributed by atoms with van der Waals surface area (Å²) < 4.78 is 0. The van der Waals surface area contributed by atoms with Crippen molar-refractivity contribution in [3.05, 3.63) is 28.3 Å². The van der Waals surface area contributed by atoms with Crippen LogP contribution in [0.15, 0.2) is 12.1 Å².